The van der Waals surface area contributed by atoms with Crippen LogP contribution in [0.15, 0.2) is 0 Å². The van der Waals surface area contributed by atoms with Gasteiger partial charge in [-0.1, -0.05) is 0 Å². The van der Waals surface area contributed by atoms with E-state index >= 15 is 0 Å². The zero-order chi connectivity index (χ0) is 23.0. The van der Waals surface area contributed by atoms with Gasteiger partial charge in [-0.2, -0.15) is 0 Å². The molecule has 31 heavy (non-hydrogen) atoms. The van der Waals surface area contributed by atoms with Gasteiger partial charge in [0.05, 0.1) is 19.3 Å². The van der Waals surface area contributed by atoms with Crippen LogP contribution in [-0.4, -0.2) is 129 Å². The zero-order valence-electron chi connectivity index (χ0n) is 16.6. The van der Waals surface area contributed by atoms with E-state index in [0.29, 0.717) is 0 Å². The molecular weight excluding hydrogens is 422 g/mol. The molecule has 2 heterocycles. The second kappa shape index (κ2) is 9.96. The number of hydrogen-bond acceptors (Lipinski definition) is 14. The number of aliphatic hydroxyl groups excluding tert-OH is 6. The highest BCUT2D eigenvalue weighted by Crippen LogP contribution is 2.29. The Kier molecular flexibility index (Phi) is 7.97. The van der Waals surface area contributed by atoms with Crippen molar-refractivity contribution in [3.8, 4) is 0 Å². The maximum Gasteiger partial charge on any atom is 0.197 e. The SMILES string of the molecule is N[C@H]1[C@@H](O[C@H]2[C@H](O)[C@@H](O[C@H]3OC[C@@H](O)C(=O)[C@H]3O)[C@H](N)C[C@@H]2N)O[C@H](CO)[C@@H](O)[C@@H]1O. The van der Waals surface area contributed by atoms with Crippen molar-refractivity contribution in [3.63, 3.8) is 0 Å². The van der Waals surface area contributed by atoms with Crippen LogP contribution in [0.4, 0.5) is 0 Å². The van der Waals surface area contributed by atoms with Gasteiger partial charge in [0.2, 0.25) is 0 Å². The molecule has 0 aromatic carbocycles. The second-order valence-electron chi connectivity index (χ2n) is 8.10. The highest BCUT2D eigenvalue weighted by Gasteiger charge is 2.50. The average Bonchev–Trinajstić information content (AvgIpc) is 2.73. The largest absolute Gasteiger partial charge is 0.394 e. The number of carbonyl (C=O) groups is 1. The Morgan fingerprint density at radius 2 is 1.48 bits per heavy atom. The molecule has 180 valence electrons. The van der Waals surface area contributed by atoms with Crippen molar-refractivity contribution in [1.29, 1.82) is 0 Å². The molecule has 0 bridgehead atoms. The number of carbonyl (C=O) groups excluding carboxylic acids is 1. The molecular formula is C17H31N3O11. The summed E-state index contributed by atoms with van der Waals surface area (Å²) in [6.07, 6.45) is -13.9. The van der Waals surface area contributed by atoms with Crippen LogP contribution in [0.3, 0.4) is 0 Å². The summed E-state index contributed by atoms with van der Waals surface area (Å²) in [6.45, 7) is -1.01. The van der Waals surface area contributed by atoms with E-state index in [9.17, 15) is 35.4 Å². The summed E-state index contributed by atoms with van der Waals surface area (Å²) in [4.78, 5) is 11.8. The molecule has 0 unspecified atom stereocenters. The van der Waals surface area contributed by atoms with Crippen LogP contribution in [-0.2, 0) is 23.7 Å². The quantitative estimate of drug-likeness (QED) is 0.188. The van der Waals surface area contributed by atoms with Crippen LogP contribution in [0.2, 0.25) is 0 Å². The molecule has 0 amide bonds. The Labute approximate surface area is 177 Å². The molecule has 12 N–H and O–H groups in total. The van der Waals surface area contributed by atoms with E-state index in [1.54, 1.807) is 0 Å². The zero-order valence-corrected chi connectivity index (χ0v) is 16.6. The third-order valence-corrected chi connectivity index (χ3v) is 5.87. The van der Waals surface area contributed by atoms with E-state index in [1.807, 2.05) is 0 Å². The van der Waals surface area contributed by atoms with Gasteiger partial charge in [-0.25, -0.2) is 0 Å². The molecule has 0 aromatic heterocycles. The Balaban J connectivity index is 1.70. The van der Waals surface area contributed by atoms with Gasteiger partial charge in [-0.3, -0.25) is 4.79 Å². The lowest BCUT2D eigenvalue weighted by atomic mass is 9.84. The molecule has 0 aromatic rings. The number of ketones is 1. The van der Waals surface area contributed by atoms with E-state index in [1.165, 1.54) is 0 Å². The molecule has 0 radical (unpaired) electrons. The van der Waals surface area contributed by atoms with Gasteiger partial charge < -0.3 is 66.8 Å². The summed E-state index contributed by atoms with van der Waals surface area (Å²) in [5.41, 5.74) is 18.0. The summed E-state index contributed by atoms with van der Waals surface area (Å²) in [6, 6.07) is -2.84. The maximum atomic E-state index is 11.8. The smallest absolute Gasteiger partial charge is 0.197 e. The topological polar surface area (TPSA) is 253 Å². The summed E-state index contributed by atoms with van der Waals surface area (Å²) < 4.78 is 21.8. The minimum atomic E-state index is -1.78. The van der Waals surface area contributed by atoms with Gasteiger partial charge in [0.15, 0.2) is 24.5 Å². The first kappa shape index (κ1) is 24.8. The average molecular weight is 453 g/mol. The fourth-order valence-electron chi connectivity index (χ4n) is 3.98. The lowest BCUT2D eigenvalue weighted by Crippen LogP contribution is -2.68. The number of nitrogens with two attached hydrogens (primary N) is 3. The maximum absolute atomic E-state index is 11.8. The van der Waals surface area contributed by atoms with Crippen LogP contribution in [0.25, 0.3) is 0 Å². The third-order valence-electron chi connectivity index (χ3n) is 5.87. The normalized spacial score (nSPS) is 51.6. The summed E-state index contributed by atoms with van der Waals surface area (Å²) in [7, 11) is 0. The minimum Gasteiger partial charge on any atom is -0.394 e. The molecule has 3 rings (SSSR count). The lowest BCUT2D eigenvalue weighted by molar-refractivity contribution is -0.305. The monoisotopic (exact) mass is 453 g/mol. The van der Waals surface area contributed by atoms with Crippen molar-refractivity contribution < 1.29 is 54.4 Å². The first-order chi connectivity index (χ1) is 14.6. The Hall–Kier alpha value is -0.850. The molecule has 14 nitrogen and oxygen atoms in total. The molecule has 2 aliphatic heterocycles. The van der Waals surface area contributed by atoms with Crippen molar-refractivity contribution >= 4 is 5.78 Å². The molecule has 3 aliphatic rings. The first-order valence-corrected chi connectivity index (χ1v) is 9.96. The predicted molar refractivity (Wildman–Crippen MR) is 98.8 cm³/mol. The lowest BCUT2D eigenvalue weighted by Gasteiger charge is -2.47. The van der Waals surface area contributed by atoms with Crippen LogP contribution >= 0.6 is 0 Å². The number of rotatable bonds is 5. The molecule has 3 fully saturated rings. The summed E-state index contributed by atoms with van der Waals surface area (Å²) in [5.74, 6) is -0.885. The molecule has 14 heteroatoms. The van der Waals surface area contributed by atoms with Crippen LogP contribution in [0.5, 0.6) is 0 Å². The van der Waals surface area contributed by atoms with Gasteiger partial charge in [0, 0.05) is 12.1 Å². The van der Waals surface area contributed by atoms with Gasteiger partial charge >= 0.3 is 0 Å². The number of aliphatic hydroxyl groups is 6. The predicted octanol–water partition coefficient (Wildman–Crippen LogP) is -6.41. The van der Waals surface area contributed by atoms with Gasteiger partial charge in [-0.05, 0) is 6.42 Å². The molecule has 1 saturated carbocycles. The second-order valence-corrected chi connectivity index (χ2v) is 8.10. The molecule has 13 atom stereocenters. The van der Waals surface area contributed by atoms with Gasteiger partial charge in [-0.15, -0.1) is 0 Å². The van der Waals surface area contributed by atoms with Crippen molar-refractivity contribution in [2.45, 2.75) is 86.0 Å². The summed E-state index contributed by atoms with van der Waals surface area (Å²) in [5, 5.41) is 59.6. The first-order valence-electron chi connectivity index (χ1n) is 9.96. The van der Waals surface area contributed by atoms with Gasteiger partial charge in [0.25, 0.3) is 0 Å². The highest BCUT2D eigenvalue weighted by atomic mass is 16.7. The van der Waals surface area contributed by atoms with Crippen molar-refractivity contribution in [1.82, 2.24) is 0 Å². The van der Waals surface area contributed by atoms with Crippen LogP contribution in [0, 0.1) is 0 Å². The van der Waals surface area contributed by atoms with E-state index in [4.69, 9.17) is 36.1 Å². The summed E-state index contributed by atoms with van der Waals surface area (Å²) >= 11 is 0. The van der Waals surface area contributed by atoms with E-state index < -0.39 is 98.5 Å². The van der Waals surface area contributed by atoms with Crippen molar-refractivity contribution in [2.75, 3.05) is 13.2 Å². The van der Waals surface area contributed by atoms with E-state index in [0.717, 1.165) is 0 Å². The van der Waals surface area contributed by atoms with Gasteiger partial charge in [0.1, 0.15) is 42.7 Å². The Bertz CT molecular complexity index is 628. The number of ether oxygens (including phenoxy) is 4. The molecule has 2 saturated heterocycles. The standard InChI is InChI=1S/C17H31N3O11/c18-4-1-5(19)15(31-17-12(26)9(23)6(22)3-28-17)13(27)14(4)30-16-8(20)11(25)10(24)7(2-21)29-16/h4-8,10-17,21-22,24-27H,1-3,18-20H2/t4-,5+,6+,7+,8+,10+,11+,12+,13-,14+,15-,16+,17+/m0/s1. The Morgan fingerprint density at radius 1 is 0.903 bits per heavy atom. The number of hydrogen-bond donors (Lipinski definition) is 9. The van der Waals surface area contributed by atoms with Crippen LogP contribution < -0.4 is 17.2 Å². The molecule has 1 aliphatic carbocycles. The third kappa shape index (κ3) is 4.91. The number of Topliss-reactive ketones (excluding diaryl/α,β-unsaturated/α-hetero) is 1. The van der Waals surface area contributed by atoms with Crippen molar-refractivity contribution in [3.05, 3.63) is 0 Å². The van der Waals surface area contributed by atoms with Crippen LogP contribution in [0.1, 0.15) is 6.42 Å². The fourth-order valence-corrected chi connectivity index (χ4v) is 3.98. The van der Waals surface area contributed by atoms with E-state index in [-0.39, 0.29) is 6.42 Å². The highest BCUT2D eigenvalue weighted by molar-refractivity contribution is 5.88. The Morgan fingerprint density at radius 3 is 2.06 bits per heavy atom. The van der Waals surface area contributed by atoms with E-state index in [2.05, 4.69) is 0 Å². The molecule has 0 spiro atoms. The minimum absolute atomic E-state index is 0.0995. The van der Waals surface area contributed by atoms with Crippen molar-refractivity contribution in [2.24, 2.45) is 17.2 Å². The fraction of sp³-hybridized carbons (Fsp3) is 0.941.